The highest BCUT2D eigenvalue weighted by atomic mass is 79.9. The van der Waals surface area contributed by atoms with Gasteiger partial charge < -0.3 is 14.7 Å². The van der Waals surface area contributed by atoms with Gasteiger partial charge in [0.05, 0.1) is 17.4 Å². The van der Waals surface area contributed by atoms with Crippen LogP contribution in [0.15, 0.2) is 22.7 Å². The largest absolute Gasteiger partial charge is 0.478 e. The highest BCUT2D eigenvalue weighted by Crippen LogP contribution is 2.26. The Bertz CT molecular complexity index is 458. The fourth-order valence-corrected chi connectivity index (χ4v) is 2.71. The van der Waals surface area contributed by atoms with Gasteiger partial charge in [-0.15, -0.1) is 0 Å². The number of hydrogen-bond donors (Lipinski definition) is 1. The molecular weight excluding hydrogens is 310 g/mol. The van der Waals surface area contributed by atoms with Crippen LogP contribution in [0.1, 0.15) is 29.6 Å². The van der Waals surface area contributed by atoms with E-state index in [2.05, 4.69) is 15.9 Å². The molecule has 1 saturated heterocycles. The van der Waals surface area contributed by atoms with Gasteiger partial charge >= 0.3 is 5.97 Å². The lowest BCUT2D eigenvalue weighted by Gasteiger charge is -2.29. The van der Waals surface area contributed by atoms with Crippen LogP contribution in [0.5, 0.6) is 0 Å². The van der Waals surface area contributed by atoms with Crippen molar-refractivity contribution in [1.29, 1.82) is 0 Å². The van der Waals surface area contributed by atoms with Crippen LogP contribution in [0.3, 0.4) is 0 Å². The molecular formula is C14H18BrNO3. The number of anilines is 1. The smallest absolute Gasteiger partial charge is 0.337 e. The first kappa shape index (κ1) is 14.3. The summed E-state index contributed by atoms with van der Waals surface area (Å²) in [5, 5.41) is 9.24. The lowest BCUT2D eigenvalue weighted by molar-refractivity contribution is 0.0215. The molecule has 0 aliphatic carbocycles. The number of carboxylic acids is 1. The van der Waals surface area contributed by atoms with Gasteiger partial charge in [-0.25, -0.2) is 4.79 Å². The summed E-state index contributed by atoms with van der Waals surface area (Å²) in [6.45, 7) is 1.53. The fourth-order valence-electron chi connectivity index (χ4n) is 2.36. The monoisotopic (exact) mass is 327 g/mol. The molecule has 0 amide bonds. The molecule has 1 aromatic carbocycles. The average Bonchev–Trinajstić information content (AvgIpc) is 2.39. The second-order valence-corrected chi connectivity index (χ2v) is 5.75. The topological polar surface area (TPSA) is 49.8 Å². The second-order valence-electron chi connectivity index (χ2n) is 4.84. The lowest BCUT2D eigenvalue weighted by atomic mass is 10.1. The Morgan fingerprint density at radius 1 is 1.53 bits per heavy atom. The number of ether oxygens (including phenoxy) is 1. The first-order chi connectivity index (χ1) is 9.08. The molecule has 5 heteroatoms. The van der Waals surface area contributed by atoms with E-state index >= 15 is 0 Å². The number of benzene rings is 1. The molecule has 1 aromatic rings. The van der Waals surface area contributed by atoms with E-state index in [1.807, 2.05) is 18.0 Å². The van der Waals surface area contributed by atoms with Crippen LogP contribution >= 0.6 is 15.9 Å². The van der Waals surface area contributed by atoms with E-state index in [-0.39, 0.29) is 6.10 Å². The van der Waals surface area contributed by atoms with E-state index in [4.69, 9.17) is 4.74 Å². The molecule has 0 bridgehead atoms. The third-order valence-corrected chi connectivity index (χ3v) is 3.85. The number of rotatable bonds is 4. The minimum Gasteiger partial charge on any atom is -0.478 e. The first-order valence-corrected chi connectivity index (χ1v) is 7.23. The van der Waals surface area contributed by atoms with Crippen LogP contribution < -0.4 is 4.90 Å². The summed E-state index contributed by atoms with van der Waals surface area (Å²) in [7, 11) is 1.91. The van der Waals surface area contributed by atoms with Crippen molar-refractivity contribution in [3.63, 3.8) is 0 Å². The Hall–Kier alpha value is -1.07. The van der Waals surface area contributed by atoms with Gasteiger partial charge in [-0.2, -0.15) is 0 Å². The minimum atomic E-state index is -0.904. The van der Waals surface area contributed by atoms with Crippen LogP contribution in [-0.2, 0) is 4.74 Å². The normalized spacial score (nSPS) is 19.2. The van der Waals surface area contributed by atoms with E-state index < -0.39 is 5.97 Å². The van der Waals surface area contributed by atoms with Crippen LogP contribution in [-0.4, -0.2) is 37.4 Å². The third-order valence-electron chi connectivity index (χ3n) is 3.35. The molecule has 1 atom stereocenters. The molecule has 1 aliphatic rings. The van der Waals surface area contributed by atoms with Crippen molar-refractivity contribution in [1.82, 2.24) is 0 Å². The number of hydrogen-bond acceptors (Lipinski definition) is 3. The summed E-state index contributed by atoms with van der Waals surface area (Å²) in [4.78, 5) is 13.2. The zero-order chi connectivity index (χ0) is 13.8. The van der Waals surface area contributed by atoms with Gasteiger partial charge in [0.25, 0.3) is 0 Å². The molecule has 1 unspecified atom stereocenters. The summed E-state index contributed by atoms with van der Waals surface area (Å²) in [6.07, 6.45) is 3.54. The molecule has 1 aliphatic heterocycles. The summed E-state index contributed by atoms with van der Waals surface area (Å²) < 4.78 is 6.58. The highest BCUT2D eigenvalue weighted by molar-refractivity contribution is 9.10. The van der Waals surface area contributed by atoms with E-state index in [0.717, 1.165) is 36.2 Å². The van der Waals surface area contributed by atoms with Crippen molar-refractivity contribution in [2.75, 3.05) is 25.1 Å². The molecule has 0 radical (unpaired) electrons. The summed E-state index contributed by atoms with van der Waals surface area (Å²) >= 11 is 3.39. The van der Waals surface area contributed by atoms with Crippen LogP contribution in [0.4, 0.5) is 5.69 Å². The predicted octanol–water partition coefficient (Wildman–Crippen LogP) is 3.15. The maximum absolute atomic E-state index is 11.3. The van der Waals surface area contributed by atoms with E-state index in [1.54, 1.807) is 12.1 Å². The zero-order valence-corrected chi connectivity index (χ0v) is 12.5. The maximum Gasteiger partial charge on any atom is 0.337 e. The third kappa shape index (κ3) is 3.70. The summed E-state index contributed by atoms with van der Waals surface area (Å²) in [6, 6.07) is 5.21. The SMILES string of the molecule is CN(CC1CCCCO1)c1cc(Br)ccc1C(=O)O. The molecule has 19 heavy (non-hydrogen) atoms. The Kier molecular flexibility index (Phi) is 4.82. The van der Waals surface area contributed by atoms with E-state index in [1.165, 1.54) is 6.42 Å². The molecule has 0 saturated carbocycles. The van der Waals surface area contributed by atoms with Crippen molar-refractivity contribution in [2.24, 2.45) is 0 Å². The maximum atomic E-state index is 11.3. The molecule has 1 N–H and O–H groups in total. The number of halogens is 1. The van der Waals surface area contributed by atoms with Gasteiger partial charge in [0.2, 0.25) is 0 Å². The van der Waals surface area contributed by atoms with Crippen LogP contribution in [0.2, 0.25) is 0 Å². The van der Waals surface area contributed by atoms with Crippen LogP contribution in [0.25, 0.3) is 0 Å². The van der Waals surface area contributed by atoms with Gasteiger partial charge in [-0.3, -0.25) is 0 Å². The number of carbonyl (C=O) groups is 1. The Morgan fingerprint density at radius 2 is 2.32 bits per heavy atom. The summed E-state index contributed by atoms with van der Waals surface area (Å²) in [5.41, 5.74) is 1.04. The number of likely N-dealkylation sites (N-methyl/N-ethyl adjacent to an activating group) is 1. The van der Waals surface area contributed by atoms with Crippen molar-refractivity contribution in [3.05, 3.63) is 28.2 Å². The Labute approximate surface area is 121 Å². The lowest BCUT2D eigenvalue weighted by Crippen LogP contribution is -2.34. The highest BCUT2D eigenvalue weighted by Gasteiger charge is 2.19. The van der Waals surface area contributed by atoms with Gasteiger partial charge in [0.1, 0.15) is 0 Å². The van der Waals surface area contributed by atoms with Crippen molar-refractivity contribution in [3.8, 4) is 0 Å². The van der Waals surface area contributed by atoms with Crippen LogP contribution in [0, 0.1) is 0 Å². The first-order valence-electron chi connectivity index (χ1n) is 6.43. The van der Waals surface area contributed by atoms with Crippen molar-refractivity contribution < 1.29 is 14.6 Å². The molecule has 1 heterocycles. The number of aromatic carboxylic acids is 1. The number of carboxylic acid groups (broad SMARTS) is 1. The fraction of sp³-hybridized carbons (Fsp3) is 0.500. The second kappa shape index (κ2) is 6.39. The van der Waals surface area contributed by atoms with Gasteiger partial charge in [-0.05, 0) is 37.5 Å². The van der Waals surface area contributed by atoms with Gasteiger partial charge in [-0.1, -0.05) is 15.9 Å². The van der Waals surface area contributed by atoms with Crippen molar-refractivity contribution >= 4 is 27.6 Å². The Balaban J connectivity index is 2.14. The van der Waals surface area contributed by atoms with Gasteiger partial charge in [0, 0.05) is 24.7 Å². The average molecular weight is 328 g/mol. The molecule has 104 valence electrons. The van der Waals surface area contributed by atoms with Gasteiger partial charge in [0.15, 0.2) is 0 Å². The van der Waals surface area contributed by atoms with Crippen molar-refractivity contribution in [2.45, 2.75) is 25.4 Å². The predicted molar refractivity (Wildman–Crippen MR) is 78.0 cm³/mol. The Morgan fingerprint density at radius 3 is 2.95 bits per heavy atom. The summed E-state index contributed by atoms with van der Waals surface area (Å²) in [5.74, 6) is -0.904. The minimum absolute atomic E-state index is 0.194. The molecule has 0 spiro atoms. The molecule has 0 aromatic heterocycles. The standard InChI is InChI=1S/C14H18BrNO3/c1-16(9-11-4-2-3-7-19-11)13-8-10(15)5-6-12(13)14(17)18/h5-6,8,11H,2-4,7,9H2,1H3,(H,17,18). The quantitative estimate of drug-likeness (QED) is 0.922. The molecule has 1 fully saturated rings. The zero-order valence-electron chi connectivity index (χ0n) is 10.9. The number of nitrogens with zero attached hydrogens (tertiary/aromatic N) is 1. The molecule has 2 rings (SSSR count). The molecule has 4 nitrogen and oxygen atoms in total. The van der Waals surface area contributed by atoms with E-state index in [9.17, 15) is 9.90 Å². The van der Waals surface area contributed by atoms with E-state index in [0.29, 0.717) is 5.56 Å².